The van der Waals surface area contributed by atoms with Gasteiger partial charge < -0.3 is 15.8 Å². The van der Waals surface area contributed by atoms with Crippen LogP contribution in [0.1, 0.15) is 29.7 Å². The van der Waals surface area contributed by atoms with Crippen molar-refractivity contribution in [2.45, 2.75) is 13.0 Å². The lowest BCUT2D eigenvalue weighted by Crippen LogP contribution is -2.04. The molecule has 1 aromatic heterocycles. The summed E-state index contributed by atoms with van der Waals surface area (Å²) in [5, 5.41) is 22.5. The van der Waals surface area contributed by atoms with Gasteiger partial charge in [-0.2, -0.15) is 0 Å². The van der Waals surface area contributed by atoms with Crippen molar-refractivity contribution in [1.82, 2.24) is 4.98 Å². The second-order valence-corrected chi connectivity index (χ2v) is 7.04. The zero-order valence-electron chi connectivity index (χ0n) is 16.6. The Morgan fingerprint density at radius 3 is 2.39 bits per heavy atom. The number of aromatic nitrogens is 1. The monoisotopic (exact) mass is 436 g/mol. The predicted molar refractivity (Wildman–Crippen MR) is 125 cm³/mol. The van der Waals surface area contributed by atoms with E-state index in [0.717, 1.165) is 11.1 Å². The Balaban J connectivity index is 0.00000272. The maximum absolute atomic E-state index is 11.3. The Labute approximate surface area is 184 Å². The number of nitrogens with one attached hydrogen (secondary N) is 1. The van der Waals surface area contributed by atoms with Gasteiger partial charge >= 0.3 is 0 Å². The first-order chi connectivity index (χ1) is 14.4. The topological polar surface area (TPSA) is 118 Å². The molecule has 0 fully saturated rings. The van der Waals surface area contributed by atoms with E-state index in [4.69, 9.17) is 10.7 Å². The van der Waals surface area contributed by atoms with Crippen LogP contribution in [0.4, 0.5) is 11.4 Å². The van der Waals surface area contributed by atoms with E-state index >= 15 is 0 Å². The molecule has 0 spiro atoms. The van der Waals surface area contributed by atoms with Crippen LogP contribution in [0, 0.1) is 10.1 Å². The van der Waals surface area contributed by atoms with Crippen molar-refractivity contribution in [2.24, 2.45) is 10.7 Å². The molecule has 4 N–H and O–H groups in total. The van der Waals surface area contributed by atoms with Crippen LogP contribution < -0.4 is 5.73 Å². The number of nitro groups is 1. The zero-order chi connectivity index (χ0) is 21.3. The fraction of sp³-hybridized carbons (Fsp3) is 0.0870. The van der Waals surface area contributed by atoms with Gasteiger partial charge in [-0.3, -0.25) is 10.1 Å². The third-order valence-corrected chi connectivity index (χ3v) is 4.92. The van der Waals surface area contributed by atoms with Crippen molar-refractivity contribution >= 4 is 40.4 Å². The first-order valence-electron chi connectivity index (χ1n) is 9.43. The molecule has 0 radical (unpaired) electrons. The van der Waals surface area contributed by atoms with Crippen molar-refractivity contribution in [2.75, 3.05) is 0 Å². The summed E-state index contributed by atoms with van der Waals surface area (Å²) in [5.41, 5.74) is 9.81. The van der Waals surface area contributed by atoms with Gasteiger partial charge in [0.15, 0.2) is 5.88 Å². The number of fused-ring (bicyclic) bond motifs is 1. The SMILES string of the molecule is C[C@@H](N)c1ccc(N=C(c2ccccc2)c2c(O)[nH]c3ccc([N+](=O)[O-])cc23)cc1.Cl. The van der Waals surface area contributed by atoms with Gasteiger partial charge in [-0.15, -0.1) is 12.4 Å². The predicted octanol–water partition coefficient (Wildman–Crippen LogP) is 5.39. The lowest BCUT2D eigenvalue weighted by molar-refractivity contribution is -0.384. The Morgan fingerprint density at radius 1 is 1.10 bits per heavy atom. The number of hydrogen-bond donors (Lipinski definition) is 3. The lowest BCUT2D eigenvalue weighted by atomic mass is 10.0. The van der Waals surface area contributed by atoms with Crippen molar-refractivity contribution < 1.29 is 10.0 Å². The fourth-order valence-corrected chi connectivity index (χ4v) is 3.36. The molecule has 4 rings (SSSR count). The van der Waals surface area contributed by atoms with Gasteiger partial charge in [-0.25, -0.2) is 4.99 Å². The quantitative estimate of drug-likeness (QED) is 0.221. The number of nitro benzene ring substituents is 1. The van der Waals surface area contributed by atoms with Crippen LogP contribution in [-0.2, 0) is 0 Å². The van der Waals surface area contributed by atoms with Crippen LogP contribution in [-0.4, -0.2) is 20.7 Å². The first kappa shape index (κ1) is 22.0. The summed E-state index contributed by atoms with van der Waals surface area (Å²) >= 11 is 0. The van der Waals surface area contributed by atoms with Crippen molar-refractivity contribution in [3.05, 3.63) is 99.6 Å². The molecule has 4 aromatic rings. The summed E-state index contributed by atoms with van der Waals surface area (Å²) in [6.45, 7) is 1.91. The van der Waals surface area contributed by atoms with E-state index in [0.29, 0.717) is 27.9 Å². The molecule has 1 atom stereocenters. The average molecular weight is 437 g/mol. The maximum atomic E-state index is 11.3. The van der Waals surface area contributed by atoms with Gasteiger partial charge in [0.25, 0.3) is 5.69 Å². The molecule has 0 bridgehead atoms. The highest BCUT2D eigenvalue weighted by Gasteiger charge is 2.20. The molecule has 0 saturated carbocycles. The van der Waals surface area contributed by atoms with E-state index in [1.165, 1.54) is 12.1 Å². The van der Waals surface area contributed by atoms with E-state index in [2.05, 4.69) is 4.98 Å². The Bertz CT molecular complexity index is 1250. The highest BCUT2D eigenvalue weighted by atomic mass is 35.5. The summed E-state index contributed by atoms with van der Waals surface area (Å²) in [6, 6.07) is 21.3. The molecule has 0 aliphatic rings. The largest absolute Gasteiger partial charge is 0.494 e. The molecule has 31 heavy (non-hydrogen) atoms. The number of nitrogens with zero attached hydrogens (tertiary/aromatic N) is 2. The van der Waals surface area contributed by atoms with E-state index in [1.54, 1.807) is 6.07 Å². The highest BCUT2D eigenvalue weighted by molar-refractivity contribution is 6.22. The number of nitrogens with two attached hydrogens (primary N) is 1. The van der Waals surface area contributed by atoms with Crippen molar-refractivity contribution in [3.8, 4) is 5.88 Å². The van der Waals surface area contributed by atoms with Gasteiger partial charge in [-0.1, -0.05) is 42.5 Å². The van der Waals surface area contributed by atoms with Crippen LogP contribution in [0.3, 0.4) is 0 Å². The van der Waals surface area contributed by atoms with E-state index in [-0.39, 0.29) is 30.0 Å². The number of benzene rings is 3. The molecule has 1 heterocycles. The second-order valence-electron chi connectivity index (χ2n) is 7.04. The minimum atomic E-state index is -0.459. The number of aromatic amines is 1. The molecule has 0 saturated heterocycles. The van der Waals surface area contributed by atoms with Gasteiger partial charge in [0.05, 0.1) is 21.9 Å². The fourth-order valence-electron chi connectivity index (χ4n) is 3.36. The molecule has 0 unspecified atom stereocenters. The molecule has 0 aliphatic heterocycles. The summed E-state index contributed by atoms with van der Waals surface area (Å²) in [4.78, 5) is 18.5. The van der Waals surface area contributed by atoms with Crippen molar-refractivity contribution in [1.29, 1.82) is 0 Å². The van der Waals surface area contributed by atoms with Crippen LogP contribution >= 0.6 is 12.4 Å². The minimum absolute atomic E-state index is 0. The zero-order valence-corrected chi connectivity index (χ0v) is 17.5. The van der Waals surface area contributed by atoms with Crippen LogP contribution in [0.25, 0.3) is 10.9 Å². The molecule has 8 heteroatoms. The molecule has 158 valence electrons. The average Bonchev–Trinajstić information content (AvgIpc) is 3.07. The summed E-state index contributed by atoms with van der Waals surface area (Å²) in [7, 11) is 0. The number of aliphatic imine (C=N–C) groups is 1. The summed E-state index contributed by atoms with van der Waals surface area (Å²) < 4.78 is 0. The highest BCUT2D eigenvalue weighted by Crippen LogP contribution is 2.33. The number of halogens is 1. The molecule has 7 nitrogen and oxygen atoms in total. The first-order valence-corrected chi connectivity index (χ1v) is 9.43. The van der Waals surface area contributed by atoms with E-state index in [9.17, 15) is 15.2 Å². The van der Waals surface area contributed by atoms with Gasteiger partial charge in [0, 0.05) is 34.6 Å². The number of aromatic hydroxyl groups is 1. The molecule has 0 aliphatic carbocycles. The molecule has 0 amide bonds. The smallest absolute Gasteiger partial charge is 0.270 e. The van der Waals surface area contributed by atoms with Gasteiger partial charge in [0.2, 0.25) is 0 Å². The Kier molecular flexibility index (Phi) is 6.39. The van der Waals surface area contributed by atoms with Crippen LogP contribution in [0.15, 0.2) is 77.8 Å². The third kappa shape index (κ3) is 4.42. The van der Waals surface area contributed by atoms with Gasteiger partial charge in [-0.05, 0) is 30.7 Å². The number of hydrogen-bond acceptors (Lipinski definition) is 5. The number of non-ortho nitro benzene ring substituents is 1. The summed E-state index contributed by atoms with van der Waals surface area (Å²) in [6.07, 6.45) is 0. The summed E-state index contributed by atoms with van der Waals surface area (Å²) in [5.74, 6) is -0.0969. The number of H-pyrrole nitrogens is 1. The molecular weight excluding hydrogens is 416 g/mol. The maximum Gasteiger partial charge on any atom is 0.270 e. The lowest BCUT2D eigenvalue weighted by Gasteiger charge is -2.09. The number of rotatable bonds is 5. The third-order valence-electron chi connectivity index (χ3n) is 4.92. The minimum Gasteiger partial charge on any atom is -0.494 e. The van der Waals surface area contributed by atoms with E-state index < -0.39 is 4.92 Å². The Hall–Kier alpha value is -3.68. The van der Waals surface area contributed by atoms with Crippen LogP contribution in [0.2, 0.25) is 0 Å². The van der Waals surface area contributed by atoms with Crippen molar-refractivity contribution in [3.63, 3.8) is 0 Å². The molecular formula is C23H21ClN4O3. The Morgan fingerprint density at radius 2 is 1.77 bits per heavy atom. The van der Waals surface area contributed by atoms with Gasteiger partial charge in [0.1, 0.15) is 0 Å². The normalized spacial score (nSPS) is 12.4. The standard InChI is InChI=1S/C23H20N4O3.ClH/c1-14(24)15-7-9-17(10-8-15)25-22(16-5-3-2-4-6-16)21-19-13-18(27(29)30)11-12-20(19)26-23(21)28;/h2-14,26,28H,24H2,1H3;1H/t14-;/m1./s1. The van der Waals surface area contributed by atoms with Crippen LogP contribution in [0.5, 0.6) is 5.88 Å². The second kappa shape index (κ2) is 8.99. The van der Waals surface area contributed by atoms with E-state index in [1.807, 2.05) is 61.5 Å². The molecule has 3 aromatic carbocycles.